The van der Waals surface area contributed by atoms with Crippen molar-refractivity contribution in [3.8, 4) is 5.75 Å². The Morgan fingerprint density at radius 1 is 0.917 bits per heavy atom. The van der Waals surface area contributed by atoms with Crippen LogP contribution in [0.3, 0.4) is 0 Å². The van der Waals surface area contributed by atoms with Gasteiger partial charge < -0.3 is 9.64 Å². The molecule has 0 N–H and O–H groups in total. The summed E-state index contributed by atoms with van der Waals surface area (Å²) < 4.78 is 5.13. The first-order chi connectivity index (χ1) is 11.7. The molecular weight excluding hydrogens is 347 g/mol. The average molecular weight is 365 g/mol. The van der Waals surface area contributed by atoms with Crippen LogP contribution < -0.4 is 9.64 Å². The first kappa shape index (κ1) is 16.9. The summed E-state index contributed by atoms with van der Waals surface area (Å²) in [5, 5.41) is 11.7. The Hall–Kier alpha value is -1.98. The number of nitrogens with zero attached hydrogens (tertiary/aromatic N) is 4. The molecule has 1 heterocycles. The highest BCUT2D eigenvalue weighted by Gasteiger charge is 2.16. The van der Waals surface area contributed by atoms with Crippen molar-refractivity contribution in [1.82, 2.24) is 5.01 Å². The Morgan fingerprint density at radius 2 is 1.62 bits per heavy atom. The van der Waals surface area contributed by atoms with Crippen LogP contribution in [0.1, 0.15) is 0 Å². The molecule has 1 fully saturated rings. The van der Waals surface area contributed by atoms with Crippen molar-refractivity contribution in [1.29, 1.82) is 0 Å². The van der Waals surface area contributed by atoms with Crippen LogP contribution in [0.25, 0.3) is 0 Å². The van der Waals surface area contributed by atoms with Crippen LogP contribution in [0.2, 0.25) is 10.0 Å². The molecule has 0 amide bonds. The Morgan fingerprint density at radius 3 is 2.25 bits per heavy atom. The topological polar surface area (TPSA) is 40.4 Å². The molecule has 0 atom stereocenters. The van der Waals surface area contributed by atoms with Crippen molar-refractivity contribution < 1.29 is 4.74 Å². The summed E-state index contributed by atoms with van der Waals surface area (Å²) in [6.07, 6.45) is 0. The predicted octanol–water partition coefficient (Wildman–Crippen LogP) is 4.82. The highest BCUT2D eigenvalue weighted by atomic mass is 35.5. The van der Waals surface area contributed by atoms with Gasteiger partial charge in [-0.05, 0) is 42.5 Å². The number of halogens is 2. The van der Waals surface area contributed by atoms with Gasteiger partial charge in [0.2, 0.25) is 0 Å². The Labute approximate surface area is 151 Å². The number of hydrogen-bond acceptors (Lipinski definition) is 4. The largest absolute Gasteiger partial charge is 0.497 e. The number of benzene rings is 2. The number of piperazine rings is 1. The van der Waals surface area contributed by atoms with E-state index in [-0.39, 0.29) is 0 Å². The molecule has 1 saturated heterocycles. The molecule has 2 aromatic carbocycles. The van der Waals surface area contributed by atoms with Gasteiger partial charge in [-0.25, -0.2) is 0 Å². The van der Waals surface area contributed by atoms with Crippen LogP contribution in [0.4, 0.5) is 11.4 Å². The van der Waals surface area contributed by atoms with Gasteiger partial charge in [-0.3, -0.25) is 5.01 Å². The van der Waals surface area contributed by atoms with Crippen molar-refractivity contribution in [2.75, 3.05) is 38.2 Å². The highest BCUT2D eigenvalue weighted by molar-refractivity contribution is 6.42. The van der Waals surface area contributed by atoms with Crippen molar-refractivity contribution in [2.24, 2.45) is 10.3 Å². The van der Waals surface area contributed by atoms with Gasteiger partial charge in [-0.2, -0.15) is 0 Å². The molecule has 3 rings (SSSR count). The van der Waals surface area contributed by atoms with Gasteiger partial charge in [-0.1, -0.05) is 28.4 Å². The number of anilines is 1. The SMILES string of the molecule is COc1ccc(N=NN2CCN(c3ccc(Cl)c(Cl)c3)CC2)cc1. The second-order valence-corrected chi connectivity index (χ2v) is 6.24. The van der Waals surface area contributed by atoms with Crippen molar-refractivity contribution in [3.05, 3.63) is 52.5 Å². The molecule has 5 nitrogen and oxygen atoms in total. The third-order valence-corrected chi connectivity index (χ3v) is 4.62. The van der Waals surface area contributed by atoms with Crippen molar-refractivity contribution >= 4 is 34.6 Å². The molecule has 1 aliphatic heterocycles. The zero-order valence-electron chi connectivity index (χ0n) is 13.3. The molecular formula is C17H18Cl2N4O. The third-order valence-electron chi connectivity index (χ3n) is 3.88. The molecule has 0 bridgehead atoms. The van der Waals surface area contributed by atoms with E-state index in [2.05, 4.69) is 15.2 Å². The van der Waals surface area contributed by atoms with Crippen LogP contribution in [0.15, 0.2) is 52.8 Å². The van der Waals surface area contributed by atoms with E-state index in [0.29, 0.717) is 10.0 Å². The smallest absolute Gasteiger partial charge is 0.119 e. The maximum atomic E-state index is 6.09. The van der Waals surface area contributed by atoms with Crippen LogP contribution in [-0.2, 0) is 0 Å². The van der Waals surface area contributed by atoms with E-state index in [1.54, 1.807) is 7.11 Å². The molecule has 126 valence electrons. The highest BCUT2D eigenvalue weighted by Crippen LogP contribution is 2.28. The van der Waals surface area contributed by atoms with E-state index in [1.807, 2.05) is 47.5 Å². The summed E-state index contributed by atoms with van der Waals surface area (Å²) in [6, 6.07) is 13.2. The van der Waals surface area contributed by atoms with E-state index in [9.17, 15) is 0 Å². The lowest BCUT2D eigenvalue weighted by Gasteiger charge is -2.34. The van der Waals surface area contributed by atoms with Gasteiger partial charge in [0, 0.05) is 18.8 Å². The fourth-order valence-corrected chi connectivity index (χ4v) is 2.78. The molecule has 0 aromatic heterocycles. The van der Waals surface area contributed by atoms with Gasteiger partial charge in [0.1, 0.15) is 5.75 Å². The fourth-order valence-electron chi connectivity index (χ4n) is 2.49. The van der Waals surface area contributed by atoms with E-state index in [1.165, 1.54) is 0 Å². The van der Waals surface area contributed by atoms with Gasteiger partial charge >= 0.3 is 0 Å². The molecule has 1 aliphatic rings. The molecule has 7 heteroatoms. The molecule has 2 aromatic rings. The van der Waals surface area contributed by atoms with Crippen molar-refractivity contribution in [2.45, 2.75) is 0 Å². The first-order valence-electron chi connectivity index (χ1n) is 7.66. The molecule has 0 radical (unpaired) electrons. The quantitative estimate of drug-likeness (QED) is 0.729. The second-order valence-electron chi connectivity index (χ2n) is 5.43. The number of rotatable bonds is 4. The van der Waals surface area contributed by atoms with Gasteiger partial charge in [-0.15, -0.1) is 5.11 Å². The average Bonchev–Trinajstić information content (AvgIpc) is 2.63. The summed E-state index contributed by atoms with van der Waals surface area (Å²) in [5.74, 6) is 0.809. The first-order valence-corrected chi connectivity index (χ1v) is 8.42. The molecule has 0 spiro atoms. The predicted molar refractivity (Wildman–Crippen MR) is 97.8 cm³/mol. The Kier molecular flexibility index (Phi) is 5.43. The minimum atomic E-state index is 0.576. The summed E-state index contributed by atoms with van der Waals surface area (Å²) in [6.45, 7) is 3.33. The monoisotopic (exact) mass is 364 g/mol. The number of methoxy groups -OCH3 is 1. The standard InChI is InChI=1S/C17H18Cl2N4O/c1-24-15-5-2-13(3-6-15)20-21-23-10-8-22(9-11-23)14-4-7-16(18)17(19)12-14/h2-7,12H,8-11H2,1H3. The zero-order chi connectivity index (χ0) is 16.9. The van der Waals surface area contributed by atoms with E-state index in [0.717, 1.165) is 43.3 Å². The summed E-state index contributed by atoms with van der Waals surface area (Å²) in [7, 11) is 1.64. The molecule has 0 unspecified atom stereocenters. The van der Waals surface area contributed by atoms with Crippen molar-refractivity contribution in [3.63, 3.8) is 0 Å². The van der Waals surface area contributed by atoms with E-state index < -0.39 is 0 Å². The number of hydrogen-bond donors (Lipinski definition) is 0. The minimum absolute atomic E-state index is 0.576. The normalized spacial score (nSPS) is 15.1. The van der Waals surface area contributed by atoms with Crippen LogP contribution in [-0.4, -0.2) is 38.3 Å². The van der Waals surface area contributed by atoms with E-state index in [4.69, 9.17) is 27.9 Å². The lowest BCUT2D eigenvalue weighted by Crippen LogP contribution is -2.43. The van der Waals surface area contributed by atoms with Crippen LogP contribution in [0, 0.1) is 0 Å². The summed E-state index contributed by atoms with van der Waals surface area (Å²) in [4.78, 5) is 2.27. The molecule has 24 heavy (non-hydrogen) atoms. The zero-order valence-corrected chi connectivity index (χ0v) is 14.8. The Balaban J connectivity index is 1.56. The molecule has 0 saturated carbocycles. The summed E-state index contributed by atoms with van der Waals surface area (Å²) in [5.41, 5.74) is 1.89. The lowest BCUT2D eigenvalue weighted by atomic mass is 10.2. The van der Waals surface area contributed by atoms with Gasteiger partial charge in [0.05, 0.1) is 35.9 Å². The lowest BCUT2D eigenvalue weighted by molar-refractivity contribution is 0.254. The minimum Gasteiger partial charge on any atom is -0.497 e. The van der Waals surface area contributed by atoms with E-state index >= 15 is 0 Å². The fraction of sp³-hybridized carbons (Fsp3) is 0.294. The third kappa shape index (κ3) is 4.10. The number of ether oxygens (including phenoxy) is 1. The van der Waals surface area contributed by atoms with Crippen LogP contribution >= 0.6 is 23.2 Å². The van der Waals surface area contributed by atoms with Crippen LogP contribution in [0.5, 0.6) is 5.75 Å². The maximum absolute atomic E-state index is 6.09. The van der Waals surface area contributed by atoms with Gasteiger partial charge in [0.25, 0.3) is 0 Å². The Bertz CT molecular complexity index is 713. The molecule has 0 aliphatic carbocycles. The second kappa shape index (κ2) is 7.73. The maximum Gasteiger partial charge on any atom is 0.119 e. The summed E-state index contributed by atoms with van der Waals surface area (Å²) >= 11 is 12.1. The van der Waals surface area contributed by atoms with Gasteiger partial charge in [0.15, 0.2) is 0 Å².